The van der Waals surface area contributed by atoms with E-state index in [9.17, 15) is 0 Å². The lowest BCUT2D eigenvalue weighted by atomic mass is 10.0. The van der Waals surface area contributed by atoms with Crippen LogP contribution in [0.1, 0.15) is 6.92 Å². The third-order valence-corrected chi connectivity index (χ3v) is 5.80. The molecule has 0 bridgehead atoms. The Kier molecular flexibility index (Phi) is 9.50. The molecule has 5 rings (SSSR count). The predicted molar refractivity (Wildman–Crippen MR) is 161 cm³/mol. The van der Waals surface area contributed by atoms with Crippen molar-refractivity contribution in [1.82, 2.24) is 15.0 Å². The van der Waals surface area contributed by atoms with Crippen LogP contribution in [-0.2, 0) is 0 Å². The van der Waals surface area contributed by atoms with Crippen molar-refractivity contribution >= 4 is 11.6 Å². The zero-order chi connectivity index (χ0) is 26.6. The molecule has 38 heavy (non-hydrogen) atoms. The highest BCUT2D eigenvalue weighted by atomic mass is 35.5. The minimum atomic E-state index is 0.642. The SMILES string of the molecule is C=C/C=C\C=C/C.Clc1ccc(-c2cccc(-c3nc(-c4ccccc4)nc(-c4ccccc4)n3)c2)cc1. The van der Waals surface area contributed by atoms with Crippen molar-refractivity contribution in [2.24, 2.45) is 0 Å². The van der Waals surface area contributed by atoms with Gasteiger partial charge in [-0.05, 0) is 36.2 Å². The van der Waals surface area contributed by atoms with Gasteiger partial charge in [0.15, 0.2) is 17.5 Å². The van der Waals surface area contributed by atoms with Gasteiger partial charge >= 0.3 is 0 Å². The van der Waals surface area contributed by atoms with Gasteiger partial charge in [0.05, 0.1) is 0 Å². The molecule has 3 nitrogen and oxygen atoms in total. The molecular weight excluding hydrogens is 486 g/mol. The van der Waals surface area contributed by atoms with Gasteiger partial charge in [-0.1, -0.05) is 140 Å². The van der Waals surface area contributed by atoms with Crippen molar-refractivity contribution in [2.45, 2.75) is 6.92 Å². The molecule has 4 aromatic carbocycles. The molecule has 0 unspecified atom stereocenters. The highest BCUT2D eigenvalue weighted by molar-refractivity contribution is 6.30. The Bertz CT molecular complexity index is 1470. The quantitative estimate of drug-likeness (QED) is 0.212. The maximum atomic E-state index is 6.05. The van der Waals surface area contributed by atoms with Crippen molar-refractivity contribution in [3.63, 3.8) is 0 Å². The molecular formula is C34H28ClN3. The van der Waals surface area contributed by atoms with Crippen LogP contribution in [-0.4, -0.2) is 15.0 Å². The van der Waals surface area contributed by atoms with Crippen LogP contribution in [0.15, 0.2) is 146 Å². The van der Waals surface area contributed by atoms with Crippen LogP contribution in [0.5, 0.6) is 0 Å². The molecule has 0 saturated carbocycles. The summed E-state index contributed by atoms with van der Waals surface area (Å²) in [4.78, 5) is 14.4. The first-order chi connectivity index (χ1) is 18.7. The number of aromatic nitrogens is 3. The van der Waals surface area contributed by atoms with Gasteiger partial charge in [-0.25, -0.2) is 15.0 Å². The summed E-state index contributed by atoms with van der Waals surface area (Å²) in [7, 11) is 0. The molecule has 4 heteroatoms. The third kappa shape index (κ3) is 7.22. The summed E-state index contributed by atoms with van der Waals surface area (Å²) >= 11 is 6.05. The van der Waals surface area contributed by atoms with Crippen molar-refractivity contribution < 1.29 is 0 Å². The predicted octanol–water partition coefficient (Wildman–Crippen LogP) is 9.50. The van der Waals surface area contributed by atoms with E-state index >= 15 is 0 Å². The fourth-order valence-corrected chi connectivity index (χ4v) is 3.80. The van der Waals surface area contributed by atoms with Crippen LogP contribution in [0.4, 0.5) is 0 Å². The van der Waals surface area contributed by atoms with E-state index in [1.807, 2.05) is 128 Å². The Morgan fingerprint density at radius 2 is 1.03 bits per heavy atom. The molecule has 0 atom stereocenters. The number of allylic oxidation sites excluding steroid dienone is 5. The van der Waals surface area contributed by atoms with Crippen LogP contribution in [0.3, 0.4) is 0 Å². The summed E-state index contributed by atoms with van der Waals surface area (Å²) in [6, 6.07) is 36.0. The molecule has 0 N–H and O–H groups in total. The molecule has 0 fully saturated rings. The van der Waals surface area contributed by atoms with Gasteiger partial charge in [-0.2, -0.15) is 0 Å². The largest absolute Gasteiger partial charge is 0.208 e. The van der Waals surface area contributed by atoms with Gasteiger partial charge in [0.1, 0.15) is 0 Å². The van der Waals surface area contributed by atoms with Crippen molar-refractivity contribution in [3.8, 4) is 45.3 Å². The Hall–Kier alpha value is -4.60. The summed E-state index contributed by atoms with van der Waals surface area (Å²) in [6.07, 6.45) is 9.51. The molecule has 0 spiro atoms. The van der Waals surface area contributed by atoms with E-state index in [0.29, 0.717) is 17.5 Å². The van der Waals surface area contributed by atoms with Crippen molar-refractivity contribution in [1.29, 1.82) is 0 Å². The number of benzene rings is 4. The second kappa shape index (κ2) is 13.6. The molecule has 0 aliphatic heterocycles. The molecule has 0 saturated heterocycles. The summed E-state index contributed by atoms with van der Waals surface area (Å²) in [5, 5.41) is 0.720. The molecule has 186 valence electrons. The van der Waals surface area contributed by atoms with Crippen LogP contribution in [0.25, 0.3) is 45.3 Å². The zero-order valence-electron chi connectivity index (χ0n) is 21.2. The molecule has 1 heterocycles. The van der Waals surface area contributed by atoms with Crippen molar-refractivity contribution in [3.05, 3.63) is 151 Å². The van der Waals surface area contributed by atoms with E-state index in [1.54, 1.807) is 6.08 Å². The molecule has 1 aromatic heterocycles. The van der Waals surface area contributed by atoms with Gasteiger partial charge in [-0.15, -0.1) is 0 Å². The first-order valence-corrected chi connectivity index (χ1v) is 12.7. The summed E-state index contributed by atoms with van der Waals surface area (Å²) in [5.74, 6) is 1.95. The normalized spacial score (nSPS) is 10.8. The van der Waals surface area contributed by atoms with E-state index < -0.39 is 0 Å². The topological polar surface area (TPSA) is 38.7 Å². The van der Waals surface area contributed by atoms with Crippen LogP contribution in [0.2, 0.25) is 5.02 Å². The summed E-state index contributed by atoms with van der Waals surface area (Å²) in [6.45, 7) is 5.49. The first kappa shape index (κ1) is 26.5. The van der Waals surface area contributed by atoms with E-state index in [2.05, 4.69) is 18.7 Å². The standard InChI is InChI=1S/C27H18ClN3.C7H10/c28-24-16-14-19(15-17-24)22-12-7-13-23(18-22)27-30-25(20-8-3-1-4-9-20)29-26(31-27)21-10-5-2-6-11-21;1-3-5-7-6-4-2/h1-18H;3-7H,1H2,2H3/b;6-4-,7-5-. The van der Waals surface area contributed by atoms with Gasteiger partial charge in [-0.3, -0.25) is 0 Å². The van der Waals surface area contributed by atoms with Crippen LogP contribution < -0.4 is 0 Å². The Morgan fingerprint density at radius 1 is 0.526 bits per heavy atom. The second-order valence-electron chi connectivity index (χ2n) is 8.27. The van der Waals surface area contributed by atoms with E-state index in [0.717, 1.165) is 32.8 Å². The zero-order valence-corrected chi connectivity index (χ0v) is 22.0. The van der Waals surface area contributed by atoms with E-state index in [-0.39, 0.29) is 0 Å². The number of halogens is 1. The lowest BCUT2D eigenvalue weighted by Gasteiger charge is -2.09. The number of nitrogens with zero attached hydrogens (tertiary/aromatic N) is 3. The molecule has 5 aromatic rings. The Morgan fingerprint density at radius 3 is 1.55 bits per heavy atom. The average Bonchev–Trinajstić information content (AvgIpc) is 2.99. The Labute approximate surface area is 229 Å². The van der Waals surface area contributed by atoms with Crippen molar-refractivity contribution in [2.75, 3.05) is 0 Å². The molecule has 0 amide bonds. The minimum Gasteiger partial charge on any atom is -0.208 e. The van der Waals surface area contributed by atoms with E-state index in [1.165, 1.54) is 0 Å². The maximum Gasteiger partial charge on any atom is 0.164 e. The minimum absolute atomic E-state index is 0.642. The molecule has 0 radical (unpaired) electrons. The van der Waals surface area contributed by atoms with Crippen LogP contribution in [0, 0.1) is 0 Å². The summed E-state index contributed by atoms with van der Waals surface area (Å²) < 4.78 is 0. The lowest BCUT2D eigenvalue weighted by Crippen LogP contribution is -2.00. The van der Waals surface area contributed by atoms with Gasteiger partial charge in [0.2, 0.25) is 0 Å². The smallest absolute Gasteiger partial charge is 0.164 e. The second-order valence-corrected chi connectivity index (χ2v) is 8.71. The fraction of sp³-hybridized carbons (Fsp3) is 0.0294. The number of hydrogen-bond donors (Lipinski definition) is 0. The van der Waals surface area contributed by atoms with Gasteiger partial charge in [0.25, 0.3) is 0 Å². The van der Waals surface area contributed by atoms with Gasteiger partial charge < -0.3 is 0 Å². The maximum absolute atomic E-state index is 6.05. The lowest BCUT2D eigenvalue weighted by molar-refractivity contribution is 1.07. The van der Waals surface area contributed by atoms with E-state index in [4.69, 9.17) is 26.6 Å². The number of hydrogen-bond acceptors (Lipinski definition) is 3. The summed E-state index contributed by atoms with van der Waals surface area (Å²) in [5.41, 5.74) is 5.02. The monoisotopic (exact) mass is 513 g/mol. The van der Waals surface area contributed by atoms with Crippen LogP contribution >= 0.6 is 11.6 Å². The number of rotatable bonds is 6. The highest BCUT2D eigenvalue weighted by Gasteiger charge is 2.12. The molecule has 0 aliphatic rings. The fourth-order valence-electron chi connectivity index (χ4n) is 3.67. The average molecular weight is 514 g/mol. The third-order valence-electron chi connectivity index (χ3n) is 5.55. The first-order valence-electron chi connectivity index (χ1n) is 12.3. The Balaban J connectivity index is 0.000000426. The van der Waals surface area contributed by atoms with Gasteiger partial charge in [0, 0.05) is 21.7 Å². The highest BCUT2D eigenvalue weighted by Crippen LogP contribution is 2.28. The molecule has 0 aliphatic carbocycles.